The first-order valence-corrected chi connectivity index (χ1v) is 7.54. The predicted molar refractivity (Wildman–Crippen MR) is 83.8 cm³/mol. The normalized spacial score (nSPS) is 12.3. The highest BCUT2D eigenvalue weighted by atomic mass is 32.1. The standard InChI is InChI=1S/C16H21NO2S/c1-17-15(16-14(19-3)9-11-20-16)13-6-4-12(5-7-13)8-10-18-2/h4-7,9,11,15,17H,8,10H2,1-3H3. The van der Waals surface area contributed by atoms with E-state index >= 15 is 0 Å². The van der Waals surface area contributed by atoms with Crippen LogP contribution in [0.3, 0.4) is 0 Å². The Morgan fingerprint density at radius 3 is 2.50 bits per heavy atom. The van der Waals surface area contributed by atoms with Crippen LogP contribution in [0.15, 0.2) is 35.7 Å². The Hall–Kier alpha value is -1.36. The van der Waals surface area contributed by atoms with Gasteiger partial charge in [-0.2, -0.15) is 0 Å². The molecule has 0 aliphatic rings. The molecule has 4 heteroatoms. The molecule has 0 fully saturated rings. The number of ether oxygens (including phenoxy) is 2. The van der Waals surface area contributed by atoms with E-state index in [1.165, 1.54) is 16.0 Å². The van der Waals surface area contributed by atoms with Crippen LogP contribution < -0.4 is 10.1 Å². The Balaban J connectivity index is 2.19. The second-order valence-electron chi connectivity index (χ2n) is 4.56. The van der Waals surface area contributed by atoms with E-state index in [0.717, 1.165) is 18.8 Å². The van der Waals surface area contributed by atoms with Crippen LogP contribution in [-0.2, 0) is 11.2 Å². The first-order valence-electron chi connectivity index (χ1n) is 6.66. The van der Waals surface area contributed by atoms with Gasteiger partial charge < -0.3 is 14.8 Å². The highest BCUT2D eigenvalue weighted by Gasteiger charge is 2.17. The molecule has 1 aromatic heterocycles. The summed E-state index contributed by atoms with van der Waals surface area (Å²) in [5.74, 6) is 0.942. The highest BCUT2D eigenvalue weighted by molar-refractivity contribution is 7.10. The molecule has 108 valence electrons. The molecule has 0 bridgehead atoms. The van der Waals surface area contributed by atoms with Crippen molar-refractivity contribution in [3.63, 3.8) is 0 Å². The number of benzene rings is 1. The van der Waals surface area contributed by atoms with Gasteiger partial charge in [-0.05, 0) is 36.0 Å². The van der Waals surface area contributed by atoms with Crippen LogP contribution in [0.2, 0.25) is 0 Å². The Bertz CT molecular complexity index is 522. The molecular formula is C16H21NO2S. The van der Waals surface area contributed by atoms with Crippen molar-refractivity contribution < 1.29 is 9.47 Å². The molecule has 20 heavy (non-hydrogen) atoms. The molecule has 0 saturated heterocycles. The van der Waals surface area contributed by atoms with Crippen molar-refractivity contribution in [2.24, 2.45) is 0 Å². The van der Waals surface area contributed by atoms with E-state index in [0.29, 0.717) is 0 Å². The van der Waals surface area contributed by atoms with Gasteiger partial charge in [-0.25, -0.2) is 0 Å². The lowest BCUT2D eigenvalue weighted by Gasteiger charge is -2.17. The number of rotatable bonds is 7. The van der Waals surface area contributed by atoms with Gasteiger partial charge in [0.1, 0.15) is 5.75 Å². The van der Waals surface area contributed by atoms with Gasteiger partial charge >= 0.3 is 0 Å². The Morgan fingerprint density at radius 2 is 1.90 bits per heavy atom. The van der Waals surface area contributed by atoms with E-state index in [1.54, 1.807) is 25.6 Å². The van der Waals surface area contributed by atoms with Crippen molar-refractivity contribution in [1.29, 1.82) is 0 Å². The maximum Gasteiger partial charge on any atom is 0.134 e. The van der Waals surface area contributed by atoms with Gasteiger partial charge in [-0.15, -0.1) is 11.3 Å². The van der Waals surface area contributed by atoms with E-state index in [2.05, 4.69) is 35.0 Å². The smallest absolute Gasteiger partial charge is 0.134 e. The monoisotopic (exact) mass is 291 g/mol. The van der Waals surface area contributed by atoms with Gasteiger partial charge in [0.05, 0.1) is 24.6 Å². The molecule has 0 amide bonds. The summed E-state index contributed by atoms with van der Waals surface area (Å²) in [4.78, 5) is 1.21. The molecule has 1 aromatic carbocycles. The molecule has 3 nitrogen and oxygen atoms in total. The van der Waals surface area contributed by atoms with E-state index in [4.69, 9.17) is 9.47 Å². The number of hydrogen-bond donors (Lipinski definition) is 1. The molecule has 1 atom stereocenters. The zero-order valence-electron chi connectivity index (χ0n) is 12.2. The molecule has 0 radical (unpaired) electrons. The van der Waals surface area contributed by atoms with E-state index in [-0.39, 0.29) is 6.04 Å². The maximum atomic E-state index is 5.42. The fraction of sp³-hybridized carbons (Fsp3) is 0.375. The van der Waals surface area contributed by atoms with E-state index in [1.807, 2.05) is 13.1 Å². The zero-order chi connectivity index (χ0) is 14.4. The summed E-state index contributed by atoms with van der Waals surface area (Å²) in [5, 5.41) is 5.42. The summed E-state index contributed by atoms with van der Waals surface area (Å²) in [6.45, 7) is 0.757. The van der Waals surface area contributed by atoms with Gasteiger partial charge in [0.25, 0.3) is 0 Å². The number of thiophene rings is 1. The van der Waals surface area contributed by atoms with Gasteiger partial charge in [0.2, 0.25) is 0 Å². The van der Waals surface area contributed by atoms with Gasteiger partial charge in [-0.1, -0.05) is 24.3 Å². The third-order valence-electron chi connectivity index (χ3n) is 3.34. The first-order chi connectivity index (χ1) is 9.80. The topological polar surface area (TPSA) is 30.5 Å². The quantitative estimate of drug-likeness (QED) is 0.849. The summed E-state index contributed by atoms with van der Waals surface area (Å²) >= 11 is 1.71. The average Bonchev–Trinajstić information content (AvgIpc) is 2.95. The minimum atomic E-state index is 0.168. The van der Waals surface area contributed by atoms with Crippen molar-refractivity contribution in [1.82, 2.24) is 5.32 Å². The third-order valence-corrected chi connectivity index (χ3v) is 4.30. The number of hydrogen-bond acceptors (Lipinski definition) is 4. The van der Waals surface area contributed by atoms with Crippen LogP contribution >= 0.6 is 11.3 Å². The van der Waals surface area contributed by atoms with Crippen LogP contribution in [0.4, 0.5) is 0 Å². The number of methoxy groups -OCH3 is 2. The SMILES string of the molecule is CNC(c1ccc(CCOC)cc1)c1sccc1OC. The zero-order valence-corrected chi connectivity index (χ0v) is 13.0. The minimum Gasteiger partial charge on any atom is -0.496 e. The molecule has 1 unspecified atom stereocenters. The molecule has 2 aromatic rings. The van der Waals surface area contributed by atoms with Crippen LogP contribution in [0.25, 0.3) is 0 Å². The molecule has 0 saturated carbocycles. The maximum absolute atomic E-state index is 5.42. The van der Waals surface area contributed by atoms with Crippen LogP contribution in [0, 0.1) is 0 Å². The minimum absolute atomic E-state index is 0.168. The second kappa shape index (κ2) is 7.43. The van der Waals surface area contributed by atoms with Crippen LogP contribution in [0.5, 0.6) is 5.75 Å². The van der Waals surface area contributed by atoms with E-state index in [9.17, 15) is 0 Å². The van der Waals surface area contributed by atoms with Gasteiger partial charge in [0, 0.05) is 7.11 Å². The number of nitrogens with one attached hydrogen (secondary N) is 1. The lowest BCUT2D eigenvalue weighted by molar-refractivity contribution is 0.202. The summed E-state index contributed by atoms with van der Waals surface area (Å²) in [7, 11) is 5.42. The molecule has 1 N–H and O–H groups in total. The Kier molecular flexibility index (Phi) is 5.59. The first kappa shape index (κ1) is 15.0. The summed E-state index contributed by atoms with van der Waals surface area (Å²) in [6.07, 6.45) is 0.948. The van der Waals surface area contributed by atoms with E-state index < -0.39 is 0 Å². The molecule has 2 rings (SSSR count). The van der Waals surface area contributed by atoms with Crippen molar-refractivity contribution in [2.75, 3.05) is 27.9 Å². The van der Waals surface area contributed by atoms with Crippen molar-refractivity contribution >= 4 is 11.3 Å². The molecule has 0 spiro atoms. The second-order valence-corrected chi connectivity index (χ2v) is 5.51. The summed E-state index contributed by atoms with van der Waals surface area (Å²) < 4.78 is 10.5. The Morgan fingerprint density at radius 1 is 1.15 bits per heavy atom. The van der Waals surface area contributed by atoms with Crippen molar-refractivity contribution in [2.45, 2.75) is 12.5 Å². The van der Waals surface area contributed by atoms with Gasteiger partial charge in [-0.3, -0.25) is 0 Å². The molecule has 0 aliphatic heterocycles. The molecule has 0 aliphatic carbocycles. The largest absolute Gasteiger partial charge is 0.496 e. The lowest BCUT2D eigenvalue weighted by Crippen LogP contribution is -2.17. The van der Waals surface area contributed by atoms with Crippen LogP contribution in [-0.4, -0.2) is 27.9 Å². The van der Waals surface area contributed by atoms with Crippen LogP contribution in [0.1, 0.15) is 22.0 Å². The predicted octanol–water partition coefficient (Wildman–Crippen LogP) is 3.25. The fourth-order valence-corrected chi connectivity index (χ4v) is 3.23. The Labute approximate surface area is 124 Å². The molecule has 1 heterocycles. The molecular weight excluding hydrogens is 270 g/mol. The third kappa shape index (κ3) is 3.39. The summed E-state index contributed by atoms with van der Waals surface area (Å²) in [5.41, 5.74) is 2.54. The fourth-order valence-electron chi connectivity index (χ4n) is 2.23. The van der Waals surface area contributed by atoms with Gasteiger partial charge in [0.15, 0.2) is 0 Å². The summed E-state index contributed by atoms with van der Waals surface area (Å²) in [6, 6.07) is 10.9. The van der Waals surface area contributed by atoms with Crippen molar-refractivity contribution in [3.8, 4) is 5.75 Å². The van der Waals surface area contributed by atoms with Crippen molar-refractivity contribution in [3.05, 3.63) is 51.7 Å². The average molecular weight is 291 g/mol. The highest BCUT2D eigenvalue weighted by Crippen LogP contribution is 2.34. The lowest BCUT2D eigenvalue weighted by atomic mass is 10.0.